The van der Waals surface area contributed by atoms with Crippen LogP contribution in [0.5, 0.6) is 0 Å². The van der Waals surface area contributed by atoms with Crippen molar-refractivity contribution >= 4 is 17.4 Å². The van der Waals surface area contributed by atoms with Gasteiger partial charge in [0.25, 0.3) is 0 Å². The summed E-state index contributed by atoms with van der Waals surface area (Å²) in [5, 5.41) is 0. The lowest BCUT2D eigenvalue weighted by atomic mass is 10.4. The molecule has 1 aliphatic heterocycles. The lowest BCUT2D eigenvalue weighted by molar-refractivity contribution is -0.116. The highest BCUT2D eigenvalue weighted by molar-refractivity contribution is 5.86. The number of aromatic nitrogens is 2. The van der Waals surface area contributed by atoms with E-state index in [9.17, 15) is 4.79 Å². The molecule has 1 aromatic heterocycles. The summed E-state index contributed by atoms with van der Waals surface area (Å²) in [6.45, 7) is 4.22. The molecule has 0 N–H and O–H groups in total. The van der Waals surface area contributed by atoms with Gasteiger partial charge in [-0.15, -0.1) is 0 Å². The largest absolute Gasteiger partial charge is 0.360 e. The third-order valence-corrected chi connectivity index (χ3v) is 2.86. The quantitative estimate of drug-likeness (QED) is 0.751. The van der Waals surface area contributed by atoms with Crippen LogP contribution in [0, 0.1) is 0 Å². The molecule has 5 nitrogen and oxygen atoms in total. The lowest BCUT2D eigenvalue weighted by Crippen LogP contribution is -2.22. The summed E-state index contributed by atoms with van der Waals surface area (Å²) < 4.78 is 0. The number of hydrogen-bond donors (Lipinski definition) is 0. The molecule has 86 valence electrons. The molecule has 0 unspecified atom stereocenters. The van der Waals surface area contributed by atoms with Crippen molar-refractivity contribution in [2.75, 3.05) is 36.5 Å². The van der Waals surface area contributed by atoms with Crippen LogP contribution in [-0.4, -0.2) is 42.4 Å². The second-order valence-electron chi connectivity index (χ2n) is 3.96. The summed E-state index contributed by atoms with van der Waals surface area (Å²) in [6.07, 6.45) is 2.18. The Hall–Kier alpha value is -1.65. The first-order valence-electron chi connectivity index (χ1n) is 5.50. The Bertz CT molecular complexity index is 393. The van der Waals surface area contributed by atoms with E-state index in [0.717, 1.165) is 24.7 Å². The van der Waals surface area contributed by atoms with E-state index < -0.39 is 0 Å². The highest BCUT2D eigenvalue weighted by Crippen LogP contribution is 2.19. The van der Waals surface area contributed by atoms with Crippen molar-refractivity contribution in [1.82, 2.24) is 9.97 Å². The van der Waals surface area contributed by atoms with Crippen molar-refractivity contribution in [2.24, 2.45) is 0 Å². The Morgan fingerprint density at radius 2 is 2.31 bits per heavy atom. The molecule has 0 aromatic carbocycles. The number of ketones is 1. The molecule has 0 radical (unpaired) electrons. The topological polar surface area (TPSA) is 49.3 Å². The summed E-state index contributed by atoms with van der Waals surface area (Å²) in [4.78, 5) is 23.7. The molecule has 0 bridgehead atoms. The minimum atomic E-state index is 0.281. The van der Waals surface area contributed by atoms with Crippen LogP contribution < -0.4 is 9.80 Å². The van der Waals surface area contributed by atoms with Gasteiger partial charge in [-0.1, -0.05) is 0 Å². The second kappa shape index (κ2) is 4.47. The van der Waals surface area contributed by atoms with E-state index in [1.165, 1.54) is 0 Å². The first-order valence-corrected chi connectivity index (χ1v) is 5.50. The van der Waals surface area contributed by atoms with Crippen molar-refractivity contribution in [3.63, 3.8) is 0 Å². The maximum atomic E-state index is 11.2. The van der Waals surface area contributed by atoms with Crippen LogP contribution in [0.1, 0.15) is 13.3 Å². The highest BCUT2D eigenvalue weighted by Gasteiger charge is 2.20. The number of carbonyl (C=O) groups is 1. The maximum Gasteiger partial charge on any atom is 0.153 e. The molecule has 1 aliphatic rings. The minimum absolute atomic E-state index is 0.281. The van der Waals surface area contributed by atoms with Crippen molar-refractivity contribution in [3.05, 3.63) is 12.4 Å². The zero-order chi connectivity index (χ0) is 11.5. The summed E-state index contributed by atoms with van der Waals surface area (Å²) in [6, 6.07) is 1.93. The van der Waals surface area contributed by atoms with Gasteiger partial charge >= 0.3 is 0 Å². The fourth-order valence-corrected chi connectivity index (χ4v) is 1.71. The summed E-state index contributed by atoms with van der Waals surface area (Å²) >= 11 is 0. The normalized spacial score (nSPS) is 15.6. The molecule has 1 aromatic rings. The van der Waals surface area contributed by atoms with Crippen LogP contribution in [-0.2, 0) is 4.79 Å². The number of rotatable bonds is 3. The van der Waals surface area contributed by atoms with Crippen LogP contribution in [0.3, 0.4) is 0 Å². The van der Waals surface area contributed by atoms with Gasteiger partial charge in [0, 0.05) is 32.6 Å². The fraction of sp³-hybridized carbons (Fsp3) is 0.545. The van der Waals surface area contributed by atoms with Crippen LogP contribution in [0.15, 0.2) is 12.4 Å². The van der Waals surface area contributed by atoms with Crippen LogP contribution in [0.2, 0.25) is 0 Å². The van der Waals surface area contributed by atoms with Crippen LogP contribution >= 0.6 is 0 Å². The zero-order valence-electron chi connectivity index (χ0n) is 9.68. The van der Waals surface area contributed by atoms with Gasteiger partial charge < -0.3 is 9.80 Å². The summed E-state index contributed by atoms with van der Waals surface area (Å²) in [5.41, 5.74) is 0. The number of anilines is 2. The average Bonchev–Trinajstić information content (AvgIpc) is 2.75. The van der Waals surface area contributed by atoms with E-state index >= 15 is 0 Å². The van der Waals surface area contributed by atoms with E-state index in [1.807, 2.05) is 22.9 Å². The molecule has 1 saturated heterocycles. The predicted octanol–water partition coefficient (Wildman–Crippen LogP) is 0.712. The van der Waals surface area contributed by atoms with E-state index in [2.05, 4.69) is 16.9 Å². The van der Waals surface area contributed by atoms with Crippen molar-refractivity contribution in [2.45, 2.75) is 13.3 Å². The van der Waals surface area contributed by atoms with Gasteiger partial charge in [0.05, 0.1) is 6.54 Å². The first kappa shape index (κ1) is 10.9. The molecule has 0 atom stereocenters. The van der Waals surface area contributed by atoms with Gasteiger partial charge in [0.15, 0.2) is 5.78 Å². The van der Waals surface area contributed by atoms with E-state index in [4.69, 9.17) is 0 Å². The molecule has 1 fully saturated rings. The number of Topliss-reactive ketones (excluding diaryl/α,β-unsaturated/α-hetero) is 1. The standard InChI is InChI=1S/C11H16N4O/c1-3-14(2)10-6-11(13-8-12-10)15-5-4-9(16)7-15/h6,8H,3-5,7H2,1-2H3. The molecule has 16 heavy (non-hydrogen) atoms. The van der Waals surface area contributed by atoms with Crippen molar-refractivity contribution in [3.8, 4) is 0 Å². The Morgan fingerprint density at radius 1 is 1.50 bits per heavy atom. The first-order chi connectivity index (χ1) is 7.70. The minimum Gasteiger partial charge on any atom is -0.360 e. The lowest BCUT2D eigenvalue weighted by Gasteiger charge is -2.19. The Kier molecular flexibility index (Phi) is 3.03. The molecular weight excluding hydrogens is 204 g/mol. The molecule has 2 heterocycles. The van der Waals surface area contributed by atoms with Gasteiger partial charge in [0.2, 0.25) is 0 Å². The monoisotopic (exact) mass is 220 g/mol. The summed E-state index contributed by atoms with van der Waals surface area (Å²) in [5.74, 6) is 2.02. The van der Waals surface area contributed by atoms with Crippen molar-refractivity contribution in [1.29, 1.82) is 0 Å². The second-order valence-corrected chi connectivity index (χ2v) is 3.96. The smallest absolute Gasteiger partial charge is 0.153 e. The molecule has 0 aliphatic carbocycles. The van der Waals surface area contributed by atoms with E-state index in [0.29, 0.717) is 13.0 Å². The number of hydrogen-bond acceptors (Lipinski definition) is 5. The van der Waals surface area contributed by atoms with E-state index in [-0.39, 0.29) is 5.78 Å². The predicted molar refractivity (Wildman–Crippen MR) is 62.8 cm³/mol. The Balaban J connectivity index is 2.19. The third kappa shape index (κ3) is 2.13. The highest BCUT2D eigenvalue weighted by atomic mass is 16.1. The van der Waals surface area contributed by atoms with Gasteiger partial charge in [0.1, 0.15) is 18.0 Å². The molecule has 0 saturated carbocycles. The summed E-state index contributed by atoms with van der Waals surface area (Å²) in [7, 11) is 1.99. The van der Waals surface area contributed by atoms with Gasteiger partial charge in [-0.05, 0) is 6.92 Å². The molecule has 0 amide bonds. The molecular formula is C11H16N4O. The Labute approximate surface area is 95.1 Å². The van der Waals surface area contributed by atoms with Crippen LogP contribution in [0.25, 0.3) is 0 Å². The van der Waals surface area contributed by atoms with Gasteiger partial charge in [-0.25, -0.2) is 9.97 Å². The fourth-order valence-electron chi connectivity index (χ4n) is 1.71. The van der Waals surface area contributed by atoms with Gasteiger partial charge in [-0.3, -0.25) is 4.79 Å². The Morgan fingerprint density at radius 3 is 2.94 bits per heavy atom. The van der Waals surface area contributed by atoms with Crippen LogP contribution in [0.4, 0.5) is 11.6 Å². The van der Waals surface area contributed by atoms with Crippen molar-refractivity contribution < 1.29 is 4.79 Å². The van der Waals surface area contributed by atoms with E-state index in [1.54, 1.807) is 6.33 Å². The SMILES string of the molecule is CCN(C)c1cc(N2CCC(=O)C2)ncn1. The maximum absolute atomic E-state index is 11.2. The molecule has 5 heteroatoms. The molecule has 2 rings (SSSR count). The average molecular weight is 220 g/mol. The third-order valence-electron chi connectivity index (χ3n) is 2.86. The zero-order valence-corrected chi connectivity index (χ0v) is 9.68. The number of nitrogens with zero attached hydrogens (tertiary/aromatic N) is 4. The molecule has 0 spiro atoms. The van der Waals surface area contributed by atoms with Gasteiger partial charge in [-0.2, -0.15) is 0 Å². The number of carbonyl (C=O) groups excluding carboxylic acids is 1.